The van der Waals surface area contributed by atoms with Gasteiger partial charge in [-0.2, -0.15) is 0 Å². The van der Waals surface area contributed by atoms with Crippen LogP contribution in [0.4, 0.5) is 0 Å². The quantitative estimate of drug-likeness (QED) is 0.714. The molecule has 0 saturated heterocycles. The van der Waals surface area contributed by atoms with E-state index in [0.29, 0.717) is 0 Å². The van der Waals surface area contributed by atoms with Crippen molar-refractivity contribution in [3.63, 3.8) is 0 Å². The molecule has 0 amide bonds. The van der Waals surface area contributed by atoms with E-state index < -0.39 is 0 Å². The lowest BCUT2D eigenvalue weighted by molar-refractivity contribution is 0.706. The Morgan fingerprint density at radius 3 is 2.58 bits per heavy atom. The lowest BCUT2D eigenvalue weighted by atomic mass is 9.98. The molecule has 19 heavy (non-hydrogen) atoms. The highest BCUT2D eigenvalue weighted by molar-refractivity contribution is 9.10. The van der Waals surface area contributed by atoms with Crippen LogP contribution in [-0.4, -0.2) is 7.05 Å². The van der Waals surface area contributed by atoms with E-state index in [1.807, 2.05) is 7.05 Å². The van der Waals surface area contributed by atoms with Crippen LogP contribution in [0.1, 0.15) is 16.5 Å². The van der Waals surface area contributed by atoms with E-state index in [1.165, 1.54) is 25.7 Å². The van der Waals surface area contributed by atoms with E-state index in [2.05, 4.69) is 75.2 Å². The maximum absolute atomic E-state index is 3.64. The minimum Gasteiger partial charge on any atom is -0.309 e. The van der Waals surface area contributed by atoms with E-state index in [0.717, 1.165) is 0 Å². The van der Waals surface area contributed by atoms with Gasteiger partial charge in [0.25, 0.3) is 0 Å². The van der Waals surface area contributed by atoms with Gasteiger partial charge >= 0.3 is 0 Å². The van der Waals surface area contributed by atoms with Crippen molar-refractivity contribution in [2.45, 2.75) is 6.04 Å². The zero-order valence-corrected chi connectivity index (χ0v) is 13.0. The van der Waals surface area contributed by atoms with Crippen molar-refractivity contribution in [2.75, 3.05) is 7.05 Å². The Morgan fingerprint density at radius 2 is 1.84 bits per heavy atom. The fourth-order valence-electron chi connectivity index (χ4n) is 2.44. The SMILES string of the molecule is CNC(c1sccc1Br)c1cccc2ccccc12. The standard InChI is InChI=1S/C16H14BrNS/c1-18-15(16-14(17)9-10-19-16)13-8-4-6-11-5-2-3-7-12(11)13/h2-10,15,18H,1H3. The Morgan fingerprint density at radius 1 is 1.05 bits per heavy atom. The Bertz CT molecular complexity index is 699. The summed E-state index contributed by atoms with van der Waals surface area (Å²) in [4.78, 5) is 1.32. The van der Waals surface area contributed by atoms with Gasteiger partial charge in [0, 0.05) is 9.35 Å². The van der Waals surface area contributed by atoms with Crippen LogP contribution in [0.2, 0.25) is 0 Å². The smallest absolute Gasteiger partial charge is 0.0686 e. The molecule has 1 unspecified atom stereocenters. The van der Waals surface area contributed by atoms with Gasteiger partial charge in [-0.15, -0.1) is 11.3 Å². The van der Waals surface area contributed by atoms with Crippen LogP contribution in [0.15, 0.2) is 58.4 Å². The molecular formula is C16H14BrNS. The van der Waals surface area contributed by atoms with E-state index in [9.17, 15) is 0 Å². The molecule has 0 aliphatic heterocycles. The van der Waals surface area contributed by atoms with Crippen LogP contribution in [0, 0.1) is 0 Å². The summed E-state index contributed by atoms with van der Waals surface area (Å²) in [6.45, 7) is 0. The van der Waals surface area contributed by atoms with Crippen LogP contribution in [-0.2, 0) is 0 Å². The van der Waals surface area contributed by atoms with Crippen LogP contribution in [0.3, 0.4) is 0 Å². The second-order valence-electron chi connectivity index (χ2n) is 4.42. The van der Waals surface area contributed by atoms with Gasteiger partial charge in [-0.05, 0) is 50.8 Å². The highest BCUT2D eigenvalue weighted by Crippen LogP contribution is 2.35. The van der Waals surface area contributed by atoms with Gasteiger partial charge in [0.15, 0.2) is 0 Å². The molecule has 0 aliphatic rings. The van der Waals surface area contributed by atoms with Crippen LogP contribution in [0.5, 0.6) is 0 Å². The molecule has 0 spiro atoms. The van der Waals surface area contributed by atoms with E-state index in [4.69, 9.17) is 0 Å². The Hall–Kier alpha value is -1.16. The zero-order valence-electron chi connectivity index (χ0n) is 10.6. The third kappa shape index (κ3) is 2.34. The molecule has 1 aromatic heterocycles. The summed E-state index contributed by atoms with van der Waals surface area (Å²) in [6, 6.07) is 17.4. The maximum atomic E-state index is 3.64. The Balaban J connectivity index is 2.20. The first kappa shape index (κ1) is 12.9. The number of hydrogen-bond acceptors (Lipinski definition) is 2. The van der Waals surface area contributed by atoms with E-state index in [1.54, 1.807) is 11.3 Å². The molecule has 1 N–H and O–H groups in total. The Labute approximate surface area is 125 Å². The molecule has 1 nitrogen and oxygen atoms in total. The molecule has 1 heterocycles. The first-order valence-electron chi connectivity index (χ1n) is 6.19. The summed E-state index contributed by atoms with van der Waals surface area (Å²) in [5.74, 6) is 0. The molecule has 0 fully saturated rings. The zero-order chi connectivity index (χ0) is 13.2. The molecule has 0 radical (unpaired) electrons. The highest BCUT2D eigenvalue weighted by Gasteiger charge is 2.18. The summed E-state index contributed by atoms with van der Waals surface area (Å²) < 4.78 is 1.17. The number of halogens is 1. The normalized spacial score (nSPS) is 12.7. The van der Waals surface area contributed by atoms with E-state index >= 15 is 0 Å². The van der Waals surface area contributed by atoms with Gasteiger partial charge in [0.2, 0.25) is 0 Å². The van der Waals surface area contributed by atoms with Crippen molar-refractivity contribution in [3.05, 3.63) is 68.8 Å². The van der Waals surface area contributed by atoms with Gasteiger partial charge in [-0.1, -0.05) is 42.5 Å². The summed E-state index contributed by atoms with van der Waals surface area (Å²) in [5, 5.41) is 8.15. The largest absolute Gasteiger partial charge is 0.309 e. The third-order valence-corrected chi connectivity index (χ3v) is 5.27. The number of benzene rings is 2. The lowest BCUT2D eigenvalue weighted by Crippen LogP contribution is -2.17. The third-order valence-electron chi connectivity index (χ3n) is 3.33. The molecule has 1 atom stereocenters. The molecular weight excluding hydrogens is 318 g/mol. The van der Waals surface area contributed by atoms with Gasteiger partial charge in [0.05, 0.1) is 6.04 Å². The minimum absolute atomic E-state index is 0.223. The van der Waals surface area contributed by atoms with Gasteiger partial charge in [0.1, 0.15) is 0 Å². The first-order valence-corrected chi connectivity index (χ1v) is 7.86. The molecule has 2 aromatic carbocycles. The number of nitrogens with one attached hydrogen (secondary N) is 1. The molecule has 0 aliphatic carbocycles. The van der Waals surface area contributed by atoms with Crippen LogP contribution < -0.4 is 5.32 Å². The van der Waals surface area contributed by atoms with E-state index in [-0.39, 0.29) is 6.04 Å². The first-order chi connectivity index (χ1) is 9.31. The molecule has 0 saturated carbocycles. The second kappa shape index (κ2) is 5.45. The summed E-state index contributed by atoms with van der Waals surface area (Å²) >= 11 is 5.42. The average Bonchev–Trinajstić information content (AvgIpc) is 2.86. The number of hydrogen-bond donors (Lipinski definition) is 1. The average molecular weight is 332 g/mol. The van der Waals surface area contributed by atoms with Crippen LogP contribution in [0.25, 0.3) is 10.8 Å². The number of fused-ring (bicyclic) bond motifs is 1. The fourth-order valence-corrected chi connectivity index (χ4v) is 4.17. The fraction of sp³-hybridized carbons (Fsp3) is 0.125. The second-order valence-corrected chi connectivity index (χ2v) is 6.22. The van der Waals surface area contributed by atoms with Gasteiger partial charge < -0.3 is 5.32 Å². The predicted molar refractivity (Wildman–Crippen MR) is 86.9 cm³/mol. The molecule has 3 rings (SSSR count). The number of rotatable bonds is 3. The summed E-state index contributed by atoms with van der Waals surface area (Å²) in [5.41, 5.74) is 1.32. The summed E-state index contributed by atoms with van der Waals surface area (Å²) in [7, 11) is 2.01. The molecule has 0 bridgehead atoms. The monoisotopic (exact) mass is 331 g/mol. The van der Waals surface area contributed by atoms with Crippen molar-refractivity contribution < 1.29 is 0 Å². The van der Waals surface area contributed by atoms with Crippen molar-refractivity contribution in [1.29, 1.82) is 0 Å². The van der Waals surface area contributed by atoms with Crippen molar-refractivity contribution in [3.8, 4) is 0 Å². The maximum Gasteiger partial charge on any atom is 0.0686 e. The lowest BCUT2D eigenvalue weighted by Gasteiger charge is -2.18. The van der Waals surface area contributed by atoms with Crippen molar-refractivity contribution in [1.82, 2.24) is 5.32 Å². The highest BCUT2D eigenvalue weighted by atomic mass is 79.9. The van der Waals surface area contributed by atoms with Crippen molar-refractivity contribution >= 4 is 38.0 Å². The Kier molecular flexibility index (Phi) is 3.69. The molecule has 3 aromatic rings. The van der Waals surface area contributed by atoms with Gasteiger partial charge in [-0.25, -0.2) is 0 Å². The summed E-state index contributed by atoms with van der Waals surface area (Å²) in [6.07, 6.45) is 0. The van der Waals surface area contributed by atoms with Crippen molar-refractivity contribution in [2.24, 2.45) is 0 Å². The topological polar surface area (TPSA) is 12.0 Å². The van der Waals surface area contributed by atoms with Gasteiger partial charge in [-0.3, -0.25) is 0 Å². The number of thiophene rings is 1. The molecule has 3 heteroatoms. The minimum atomic E-state index is 0.223. The predicted octanol–water partition coefficient (Wildman–Crippen LogP) is 4.97. The van der Waals surface area contributed by atoms with Crippen LogP contribution >= 0.6 is 27.3 Å². The molecule has 96 valence electrons.